The van der Waals surface area contributed by atoms with E-state index in [1.54, 1.807) is 29.2 Å². The van der Waals surface area contributed by atoms with Crippen molar-refractivity contribution in [1.29, 1.82) is 0 Å². The molecular formula is C12H14ClN3O2. The molecule has 18 heavy (non-hydrogen) atoms. The molecule has 2 amide bonds. The summed E-state index contributed by atoms with van der Waals surface area (Å²) in [5, 5.41) is 6.30. The number of rotatable bonds is 3. The first-order valence-corrected chi connectivity index (χ1v) is 6.07. The number of piperazine rings is 1. The SMILES string of the molecule is O=C(CN1CCNCC1=O)Nc1ccc(Cl)cc1. The molecule has 1 heterocycles. The van der Waals surface area contributed by atoms with Crippen LogP contribution in [0, 0.1) is 0 Å². The van der Waals surface area contributed by atoms with Crippen molar-refractivity contribution >= 4 is 29.1 Å². The van der Waals surface area contributed by atoms with E-state index in [4.69, 9.17) is 11.6 Å². The molecule has 0 bridgehead atoms. The normalized spacial score (nSPS) is 15.6. The Morgan fingerprint density at radius 1 is 1.39 bits per heavy atom. The summed E-state index contributed by atoms with van der Waals surface area (Å²) in [5.41, 5.74) is 0.673. The Morgan fingerprint density at radius 3 is 2.78 bits per heavy atom. The van der Waals surface area contributed by atoms with Crippen molar-refractivity contribution < 1.29 is 9.59 Å². The molecule has 2 N–H and O–H groups in total. The van der Waals surface area contributed by atoms with Crippen molar-refractivity contribution in [3.05, 3.63) is 29.3 Å². The Hall–Kier alpha value is -1.59. The van der Waals surface area contributed by atoms with Crippen LogP contribution in [0.4, 0.5) is 5.69 Å². The van der Waals surface area contributed by atoms with Crippen LogP contribution in [0.3, 0.4) is 0 Å². The summed E-state index contributed by atoms with van der Waals surface area (Å²) in [6, 6.07) is 6.85. The summed E-state index contributed by atoms with van der Waals surface area (Å²) in [6.07, 6.45) is 0. The maximum Gasteiger partial charge on any atom is 0.243 e. The highest BCUT2D eigenvalue weighted by molar-refractivity contribution is 6.30. The summed E-state index contributed by atoms with van der Waals surface area (Å²) in [7, 11) is 0. The van der Waals surface area contributed by atoms with E-state index in [2.05, 4.69) is 10.6 Å². The monoisotopic (exact) mass is 267 g/mol. The van der Waals surface area contributed by atoms with Crippen LogP contribution in [-0.4, -0.2) is 42.9 Å². The van der Waals surface area contributed by atoms with Crippen LogP contribution in [0.2, 0.25) is 5.02 Å². The number of nitrogens with zero attached hydrogens (tertiary/aromatic N) is 1. The average molecular weight is 268 g/mol. The van der Waals surface area contributed by atoms with E-state index in [0.29, 0.717) is 23.8 Å². The first-order chi connectivity index (χ1) is 8.65. The van der Waals surface area contributed by atoms with Gasteiger partial charge in [0.1, 0.15) is 0 Å². The molecule has 1 saturated heterocycles. The lowest BCUT2D eigenvalue weighted by molar-refractivity contribution is -0.135. The summed E-state index contributed by atoms with van der Waals surface area (Å²) < 4.78 is 0. The highest BCUT2D eigenvalue weighted by atomic mass is 35.5. The second kappa shape index (κ2) is 5.84. The maximum absolute atomic E-state index is 11.8. The zero-order valence-corrected chi connectivity index (χ0v) is 10.5. The Bertz CT molecular complexity index is 447. The third-order valence-electron chi connectivity index (χ3n) is 2.65. The number of hydrogen-bond donors (Lipinski definition) is 2. The predicted octanol–water partition coefficient (Wildman–Crippen LogP) is 0.710. The molecule has 0 spiro atoms. The zero-order valence-electron chi connectivity index (χ0n) is 9.78. The minimum Gasteiger partial charge on any atom is -0.331 e. The third-order valence-corrected chi connectivity index (χ3v) is 2.90. The number of hydrogen-bond acceptors (Lipinski definition) is 3. The number of halogens is 1. The molecule has 0 atom stereocenters. The fourth-order valence-corrected chi connectivity index (χ4v) is 1.85. The first kappa shape index (κ1) is 12.9. The van der Waals surface area contributed by atoms with Gasteiger partial charge in [0.15, 0.2) is 0 Å². The van der Waals surface area contributed by atoms with Gasteiger partial charge in [0.05, 0.1) is 13.1 Å². The van der Waals surface area contributed by atoms with Crippen molar-refractivity contribution in [3.63, 3.8) is 0 Å². The van der Waals surface area contributed by atoms with Gasteiger partial charge in [-0.05, 0) is 24.3 Å². The molecule has 1 aromatic rings. The van der Waals surface area contributed by atoms with Gasteiger partial charge in [0.25, 0.3) is 0 Å². The van der Waals surface area contributed by atoms with Gasteiger partial charge < -0.3 is 15.5 Å². The lowest BCUT2D eigenvalue weighted by atomic mass is 10.3. The van der Waals surface area contributed by atoms with Crippen molar-refractivity contribution in [2.75, 3.05) is 31.5 Å². The first-order valence-electron chi connectivity index (χ1n) is 5.69. The molecule has 1 aromatic carbocycles. The van der Waals surface area contributed by atoms with E-state index in [1.807, 2.05) is 0 Å². The molecule has 0 aromatic heterocycles. The smallest absolute Gasteiger partial charge is 0.243 e. The second-order valence-corrected chi connectivity index (χ2v) is 4.48. The van der Waals surface area contributed by atoms with Crippen molar-refractivity contribution in [2.24, 2.45) is 0 Å². The zero-order chi connectivity index (χ0) is 13.0. The summed E-state index contributed by atoms with van der Waals surface area (Å²) >= 11 is 5.75. The van der Waals surface area contributed by atoms with E-state index in [-0.39, 0.29) is 18.4 Å². The van der Waals surface area contributed by atoms with Gasteiger partial charge in [-0.2, -0.15) is 0 Å². The van der Waals surface area contributed by atoms with Gasteiger partial charge in [-0.15, -0.1) is 0 Å². The molecule has 0 unspecified atom stereocenters. The van der Waals surface area contributed by atoms with Crippen LogP contribution >= 0.6 is 11.6 Å². The quantitative estimate of drug-likeness (QED) is 0.848. The van der Waals surface area contributed by atoms with Gasteiger partial charge in [-0.1, -0.05) is 11.6 Å². The van der Waals surface area contributed by atoms with Crippen molar-refractivity contribution in [1.82, 2.24) is 10.2 Å². The van der Waals surface area contributed by atoms with Gasteiger partial charge in [0.2, 0.25) is 11.8 Å². The van der Waals surface area contributed by atoms with Crippen LogP contribution in [0.1, 0.15) is 0 Å². The van der Waals surface area contributed by atoms with Gasteiger partial charge >= 0.3 is 0 Å². The van der Waals surface area contributed by atoms with Crippen LogP contribution in [0.15, 0.2) is 24.3 Å². The van der Waals surface area contributed by atoms with Crippen LogP contribution < -0.4 is 10.6 Å². The second-order valence-electron chi connectivity index (χ2n) is 4.05. The number of amides is 2. The van der Waals surface area contributed by atoms with Gasteiger partial charge in [-0.25, -0.2) is 0 Å². The molecule has 0 radical (unpaired) electrons. The number of anilines is 1. The standard InChI is InChI=1S/C12H14ClN3O2/c13-9-1-3-10(4-2-9)15-11(17)8-16-6-5-14-7-12(16)18/h1-4,14H,5-8H2,(H,15,17). The lowest BCUT2D eigenvalue weighted by Crippen LogP contribution is -2.50. The van der Waals surface area contributed by atoms with E-state index >= 15 is 0 Å². The molecule has 1 fully saturated rings. The third kappa shape index (κ3) is 3.45. The Kier molecular flexibility index (Phi) is 4.17. The minimum atomic E-state index is -0.201. The van der Waals surface area contributed by atoms with E-state index in [0.717, 1.165) is 6.54 Å². The van der Waals surface area contributed by atoms with E-state index in [9.17, 15) is 9.59 Å². The molecule has 2 rings (SSSR count). The molecule has 5 nitrogen and oxygen atoms in total. The number of benzene rings is 1. The molecule has 96 valence electrons. The molecule has 6 heteroatoms. The summed E-state index contributed by atoms with van der Waals surface area (Å²) in [4.78, 5) is 24.8. The van der Waals surface area contributed by atoms with Crippen molar-refractivity contribution in [2.45, 2.75) is 0 Å². The molecule has 1 aliphatic heterocycles. The van der Waals surface area contributed by atoms with Gasteiger partial charge in [0, 0.05) is 23.8 Å². The maximum atomic E-state index is 11.8. The van der Waals surface area contributed by atoms with Crippen LogP contribution in [0.25, 0.3) is 0 Å². The summed E-state index contributed by atoms with van der Waals surface area (Å²) in [6.45, 7) is 1.67. The number of nitrogens with one attached hydrogen (secondary N) is 2. The fourth-order valence-electron chi connectivity index (χ4n) is 1.72. The summed E-state index contributed by atoms with van der Waals surface area (Å²) in [5.74, 6) is -0.250. The molecule has 0 aliphatic carbocycles. The highest BCUT2D eigenvalue weighted by Crippen LogP contribution is 2.13. The Balaban J connectivity index is 1.88. The average Bonchev–Trinajstić information content (AvgIpc) is 2.35. The molecule has 1 aliphatic rings. The fraction of sp³-hybridized carbons (Fsp3) is 0.333. The molecule has 0 saturated carbocycles. The molecular weight excluding hydrogens is 254 g/mol. The van der Waals surface area contributed by atoms with E-state index in [1.165, 1.54) is 0 Å². The van der Waals surface area contributed by atoms with E-state index < -0.39 is 0 Å². The Labute approximate surface area is 110 Å². The largest absolute Gasteiger partial charge is 0.331 e. The van der Waals surface area contributed by atoms with Crippen LogP contribution in [-0.2, 0) is 9.59 Å². The predicted molar refractivity (Wildman–Crippen MR) is 69.5 cm³/mol. The number of carbonyl (C=O) groups is 2. The van der Waals surface area contributed by atoms with Gasteiger partial charge in [-0.3, -0.25) is 9.59 Å². The minimum absolute atomic E-state index is 0.0486. The highest BCUT2D eigenvalue weighted by Gasteiger charge is 2.19. The topological polar surface area (TPSA) is 61.4 Å². The lowest BCUT2D eigenvalue weighted by Gasteiger charge is -2.26. The van der Waals surface area contributed by atoms with Crippen LogP contribution in [0.5, 0.6) is 0 Å². The van der Waals surface area contributed by atoms with Crippen molar-refractivity contribution in [3.8, 4) is 0 Å². The Morgan fingerprint density at radius 2 is 2.11 bits per heavy atom. The number of carbonyl (C=O) groups excluding carboxylic acids is 2.